The van der Waals surface area contributed by atoms with Gasteiger partial charge in [-0.3, -0.25) is 0 Å². The van der Waals surface area contributed by atoms with Crippen molar-refractivity contribution in [1.82, 2.24) is 10.5 Å². The third kappa shape index (κ3) is 3.35. The molecule has 0 saturated heterocycles. The average molecular weight is 260 g/mol. The Kier molecular flexibility index (Phi) is 4.22. The lowest BCUT2D eigenvalue weighted by atomic mass is 10.0. The minimum atomic E-state index is 0.188. The van der Waals surface area contributed by atoms with E-state index in [0.29, 0.717) is 6.54 Å². The predicted molar refractivity (Wildman–Crippen MR) is 74.2 cm³/mol. The van der Waals surface area contributed by atoms with Crippen LogP contribution >= 0.6 is 0 Å². The second-order valence-electron chi connectivity index (χ2n) is 4.78. The van der Waals surface area contributed by atoms with Gasteiger partial charge in [0.2, 0.25) is 0 Å². The fraction of sp³-hybridized carbons (Fsp3) is 0.400. The van der Waals surface area contributed by atoms with Crippen LogP contribution in [0.4, 0.5) is 0 Å². The maximum absolute atomic E-state index is 5.43. The van der Waals surface area contributed by atoms with Gasteiger partial charge in [-0.15, -0.1) is 0 Å². The molecule has 0 aliphatic rings. The minimum Gasteiger partial charge on any atom is -0.496 e. The van der Waals surface area contributed by atoms with Crippen LogP contribution in [0.2, 0.25) is 0 Å². The van der Waals surface area contributed by atoms with Crippen molar-refractivity contribution in [2.45, 2.75) is 33.4 Å². The van der Waals surface area contributed by atoms with Crippen LogP contribution in [0.15, 0.2) is 28.8 Å². The Morgan fingerprint density at radius 2 is 2.11 bits per heavy atom. The lowest BCUT2D eigenvalue weighted by molar-refractivity contribution is 0.383. The van der Waals surface area contributed by atoms with E-state index in [0.717, 1.165) is 22.8 Å². The number of benzene rings is 1. The van der Waals surface area contributed by atoms with Gasteiger partial charge in [0.1, 0.15) is 11.5 Å². The summed E-state index contributed by atoms with van der Waals surface area (Å²) < 4.78 is 10.5. The van der Waals surface area contributed by atoms with E-state index in [9.17, 15) is 0 Å². The monoisotopic (exact) mass is 260 g/mol. The van der Waals surface area contributed by atoms with Crippen LogP contribution in [0.3, 0.4) is 0 Å². The van der Waals surface area contributed by atoms with E-state index in [2.05, 4.69) is 36.5 Å². The number of aryl methyl sites for hydroxylation is 2. The summed E-state index contributed by atoms with van der Waals surface area (Å²) in [6, 6.07) is 8.36. The summed E-state index contributed by atoms with van der Waals surface area (Å²) in [5.74, 6) is 1.74. The first-order valence-electron chi connectivity index (χ1n) is 6.40. The molecule has 1 N–H and O–H groups in total. The topological polar surface area (TPSA) is 47.3 Å². The summed E-state index contributed by atoms with van der Waals surface area (Å²) in [6.45, 7) is 6.74. The molecule has 2 rings (SSSR count). The molecule has 0 amide bonds. The maximum atomic E-state index is 5.43. The van der Waals surface area contributed by atoms with Gasteiger partial charge in [0, 0.05) is 24.2 Å². The highest BCUT2D eigenvalue weighted by Gasteiger charge is 2.11. The number of ether oxygens (including phenoxy) is 1. The van der Waals surface area contributed by atoms with Crippen LogP contribution in [0.25, 0.3) is 0 Å². The molecule has 0 aliphatic heterocycles. The molecule has 1 aromatic carbocycles. The summed E-state index contributed by atoms with van der Waals surface area (Å²) in [7, 11) is 1.70. The molecule has 0 radical (unpaired) electrons. The number of rotatable bonds is 5. The average Bonchev–Trinajstić information content (AvgIpc) is 2.81. The van der Waals surface area contributed by atoms with Crippen LogP contribution < -0.4 is 10.1 Å². The lowest BCUT2D eigenvalue weighted by Gasteiger charge is -2.17. The lowest BCUT2D eigenvalue weighted by Crippen LogP contribution is -2.19. The van der Waals surface area contributed by atoms with Gasteiger partial charge in [-0.05, 0) is 32.4 Å². The van der Waals surface area contributed by atoms with Gasteiger partial charge in [0.15, 0.2) is 0 Å². The highest BCUT2D eigenvalue weighted by atomic mass is 16.5. The van der Waals surface area contributed by atoms with Gasteiger partial charge in [0.25, 0.3) is 0 Å². The Morgan fingerprint density at radius 3 is 2.74 bits per heavy atom. The molecule has 4 nitrogen and oxygen atoms in total. The molecule has 19 heavy (non-hydrogen) atoms. The molecule has 0 aliphatic carbocycles. The van der Waals surface area contributed by atoms with Crippen LogP contribution in [-0.2, 0) is 6.54 Å². The second kappa shape index (κ2) is 5.89. The molecule has 102 valence electrons. The molecule has 0 bridgehead atoms. The fourth-order valence-electron chi connectivity index (χ4n) is 2.04. The Labute approximate surface area is 113 Å². The van der Waals surface area contributed by atoms with E-state index < -0.39 is 0 Å². The first-order valence-corrected chi connectivity index (χ1v) is 6.40. The number of nitrogens with one attached hydrogen (secondary N) is 1. The number of hydrogen-bond donors (Lipinski definition) is 1. The quantitative estimate of drug-likeness (QED) is 0.897. The molecule has 2 aromatic rings. The van der Waals surface area contributed by atoms with Gasteiger partial charge in [-0.1, -0.05) is 17.3 Å². The van der Waals surface area contributed by atoms with Crippen molar-refractivity contribution < 1.29 is 9.26 Å². The van der Waals surface area contributed by atoms with Crippen molar-refractivity contribution in [3.8, 4) is 5.75 Å². The van der Waals surface area contributed by atoms with Gasteiger partial charge < -0.3 is 14.6 Å². The molecule has 0 fully saturated rings. The van der Waals surface area contributed by atoms with Crippen LogP contribution in [0.1, 0.15) is 35.5 Å². The molecule has 0 spiro atoms. The maximum Gasteiger partial charge on any atom is 0.133 e. The zero-order chi connectivity index (χ0) is 13.8. The Hall–Kier alpha value is -1.81. The molecule has 1 heterocycles. The zero-order valence-electron chi connectivity index (χ0n) is 11.9. The Balaban J connectivity index is 2.05. The van der Waals surface area contributed by atoms with E-state index in [-0.39, 0.29) is 6.04 Å². The van der Waals surface area contributed by atoms with Crippen molar-refractivity contribution in [1.29, 1.82) is 0 Å². The first kappa shape index (κ1) is 13.6. The molecular formula is C15H20N2O2. The highest BCUT2D eigenvalue weighted by molar-refractivity contribution is 5.39. The SMILES string of the molecule is COc1cc(C)ccc1C(C)NCc1cc(C)on1. The molecule has 4 heteroatoms. The van der Waals surface area contributed by atoms with Gasteiger partial charge in [-0.25, -0.2) is 0 Å². The number of nitrogens with zero attached hydrogens (tertiary/aromatic N) is 1. The van der Waals surface area contributed by atoms with E-state index in [1.807, 2.05) is 19.1 Å². The summed E-state index contributed by atoms with van der Waals surface area (Å²) in [4.78, 5) is 0. The molecule has 1 aromatic heterocycles. The first-order chi connectivity index (χ1) is 9.10. The third-order valence-electron chi connectivity index (χ3n) is 3.12. The van der Waals surface area contributed by atoms with Crippen molar-refractivity contribution >= 4 is 0 Å². The summed E-state index contributed by atoms with van der Waals surface area (Å²) in [5, 5.41) is 7.39. The number of methoxy groups -OCH3 is 1. The normalized spacial score (nSPS) is 12.4. The van der Waals surface area contributed by atoms with E-state index in [1.54, 1.807) is 7.11 Å². The second-order valence-corrected chi connectivity index (χ2v) is 4.78. The van der Waals surface area contributed by atoms with Crippen LogP contribution in [0.5, 0.6) is 5.75 Å². The summed E-state index contributed by atoms with van der Waals surface area (Å²) in [6.07, 6.45) is 0. The van der Waals surface area contributed by atoms with E-state index in [4.69, 9.17) is 9.26 Å². The van der Waals surface area contributed by atoms with Crippen LogP contribution in [-0.4, -0.2) is 12.3 Å². The molecular weight excluding hydrogens is 240 g/mol. The van der Waals surface area contributed by atoms with Gasteiger partial charge >= 0.3 is 0 Å². The fourth-order valence-corrected chi connectivity index (χ4v) is 2.04. The van der Waals surface area contributed by atoms with Crippen molar-refractivity contribution in [2.75, 3.05) is 7.11 Å². The third-order valence-corrected chi connectivity index (χ3v) is 3.12. The standard InChI is InChI=1S/C15H20N2O2/c1-10-5-6-14(15(7-10)18-4)12(3)16-9-13-8-11(2)19-17-13/h5-8,12,16H,9H2,1-4H3. The summed E-state index contributed by atoms with van der Waals surface area (Å²) in [5.41, 5.74) is 3.25. The van der Waals surface area contributed by atoms with Gasteiger partial charge in [0.05, 0.1) is 12.8 Å². The Morgan fingerprint density at radius 1 is 1.32 bits per heavy atom. The van der Waals surface area contributed by atoms with Crippen LogP contribution in [0, 0.1) is 13.8 Å². The summed E-state index contributed by atoms with van der Waals surface area (Å²) >= 11 is 0. The van der Waals surface area contributed by atoms with Crippen molar-refractivity contribution in [2.24, 2.45) is 0 Å². The smallest absolute Gasteiger partial charge is 0.133 e. The molecule has 1 atom stereocenters. The van der Waals surface area contributed by atoms with E-state index >= 15 is 0 Å². The highest BCUT2D eigenvalue weighted by Crippen LogP contribution is 2.26. The Bertz CT molecular complexity index is 549. The van der Waals surface area contributed by atoms with E-state index in [1.165, 1.54) is 5.56 Å². The number of aromatic nitrogens is 1. The van der Waals surface area contributed by atoms with Gasteiger partial charge in [-0.2, -0.15) is 0 Å². The van der Waals surface area contributed by atoms with Crippen molar-refractivity contribution in [3.63, 3.8) is 0 Å². The zero-order valence-corrected chi connectivity index (χ0v) is 11.9. The molecule has 0 saturated carbocycles. The molecule has 1 unspecified atom stereocenters. The predicted octanol–water partition coefficient (Wildman–Crippen LogP) is 3.15. The van der Waals surface area contributed by atoms with Crippen molar-refractivity contribution in [3.05, 3.63) is 46.8 Å². The minimum absolute atomic E-state index is 0.188. The number of hydrogen-bond acceptors (Lipinski definition) is 4. The largest absolute Gasteiger partial charge is 0.496 e.